The van der Waals surface area contributed by atoms with Gasteiger partial charge in [-0.25, -0.2) is 14.6 Å². The van der Waals surface area contributed by atoms with Crippen LogP contribution in [0.3, 0.4) is 0 Å². The van der Waals surface area contributed by atoms with Gasteiger partial charge >= 0.3 is 12.1 Å². The molecule has 4 amide bonds. The minimum absolute atomic E-state index is 0.115. The summed E-state index contributed by atoms with van der Waals surface area (Å²) < 4.78 is 5.04. The predicted octanol–water partition coefficient (Wildman–Crippen LogP) is 3.42. The van der Waals surface area contributed by atoms with Gasteiger partial charge in [0.15, 0.2) is 5.13 Å². The first-order valence-corrected chi connectivity index (χ1v) is 12.8. The largest absolute Gasteiger partial charge is 0.550 e. The number of carboxylic acid groups (broad SMARTS) is 1. The summed E-state index contributed by atoms with van der Waals surface area (Å²) in [7, 11) is 0. The highest BCUT2D eigenvalue weighted by Gasteiger charge is 2.17. The second kappa shape index (κ2) is 14.3. The minimum atomic E-state index is -1.33. The number of hydrogen-bond acceptors (Lipinski definition) is 8. The fraction of sp³-hybridized carbons (Fsp3) is 0.269. The molecule has 4 N–H and O–H groups in total. The van der Waals surface area contributed by atoms with Crippen LogP contribution in [0.4, 0.5) is 20.4 Å². The van der Waals surface area contributed by atoms with Crippen LogP contribution in [0.15, 0.2) is 60.0 Å². The van der Waals surface area contributed by atoms with Crippen LogP contribution in [-0.2, 0) is 16.1 Å². The SMILES string of the molecule is CCCCOC(=O)NC(CC(=O)[O-])c1ccc(NC(=O)c2csc(NC(=O)NCc3ccccc3)n2)cc1. The van der Waals surface area contributed by atoms with Crippen molar-refractivity contribution in [2.45, 2.75) is 38.8 Å². The molecule has 0 spiro atoms. The number of carboxylic acids is 1. The number of unbranched alkanes of at least 4 members (excludes halogenated alkanes) is 1. The van der Waals surface area contributed by atoms with Gasteiger partial charge in [-0.15, -0.1) is 11.3 Å². The summed E-state index contributed by atoms with van der Waals surface area (Å²) in [5.74, 6) is -1.82. The monoisotopic (exact) mass is 538 g/mol. The molecule has 3 rings (SSSR count). The Morgan fingerprint density at radius 2 is 1.76 bits per heavy atom. The lowest BCUT2D eigenvalue weighted by atomic mass is 10.0. The molecular formula is C26H28N5O6S-. The number of thiazole rings is 1. The number of amides is 4. The van der Waals surface area contributed by atoms with E-state index in [1.807, 2.05) is 37.3 Å². The second-order valence-electron chi connectivity index (χ2n) is 8.17. The first-order valence-electron chi connectivity index (χ1n) is 11.9. The Bertz CT molecular complexity index is 1230. The van der Waals surface area contributed by atoms with Gasteiger partial charge < -0.3 is 30.6 Å². The molecule has 11 nitrogen and oxygen atoms in total. The van der Waals surface area contributed by atoms with Crippen LogP contribution in [0.5, 0.6) is 0 Å². The third kappa shape index (κ3) is 9.21. The van der Waals surface area contributed by atoms with Gasteiger partial charge in [-0.3, -0.25) is 10.1 Å². The number of alkyl carbamates (subject to hydrolysis) is 1. The molecule has 0 aliphatic rings. The zero-order chi connectivity index (χ0) is 27.3. The Labute approximate surface area is 223 Å². The van der Waals surface area contributed by atoms with Crippen LogP contribution in [0.2, 0.25) is 0 Å². The van der Waals surface area contributed by atoms with E-state index in [-0.39, 0.29) is 17.4 Å². The van der Waals surface area contributed by atoms with E-state index in [1.54, 1.807) is 24.3 Å². The summed E-state index contributed by atoms with van der Waals surface area (Å²) in [5, 5.41) is 23.5. The van der Waals surface area contributed by atoms with Gasteiger partial charge in [0.25, 0.3) is 5.91 Å². The van der Waals surface area contributed by atoms with E-state index in [0.29, 0.717) is 24.2 Å². The van der Waals surface area contributed by atoms with Gasteiger partial charge in [-0.1, -0.05) is 55.8 Å². The Kier molecular flexibility index (Phi) is 10.6. The summed E-state index contributed by atoms with van der Waals surface area (Å²) >= 11 is 1.11. The number of benzene rings is 2. The maximum Gasteiger partial charge on any atom is 0.407 e. The van der Waals surface area contributed by atoms with E-state index in [9.17, 15) is 24.3 Å². The molecule has 1 unspecified atom stereocenters. The zero-order valence-electron chi connectivity index (χ0n) is 20.7. The van der Waals surface area contributed by atoms with Crippen LogP contribution in [0.25, 0.3) is 0 Å². The minimum Gasteiger partial charge on any atom is -0.550 e. The number of nitrogens with zero attached hydrogens (tertiary/aromatic N) is 1. The average molecular weight is 539 g/mol. The zero-order valence-corrected chi connectivity index (χ0v) is 21.5. The molecule has 38 heavy (non-hydrogen) atoms. The van der Waals surface area contributed by atoms with E-state index in [4.69, 9.17) is 4.74 Å². The molecule has 0 radical (unpaired) electrons. The summed E-state index contributed by atoms with van der Waals surface area (Å²) in [6, 6.07) is 14.4. The lowest BCUT2D eigenvalue weighted by Gasteiger charge is -2.20. The third-order valence-electron chi connectivity index (χ3n) is 5.22. The molecular weight excluding hydrogens is 510 g/mol. The van der Waals surface area contributed by atoms with Crippen molar-refractivity contribution < 1.29 is 29.0 Å². The second-order valence-corrected chi connectivity index (χ2v) is 9.03. The summed E-state index contributed by atoms with van der Waals surface area (Å²) in [6.07, 6.45) is 0.391. The number of hydrogen-bond donors (Lipinski definition) is 4. The van der Waals surface area contributed by atoms with Crippen molar-refractivity contribution in [3.05, 3.63) is 76.8 Å². The normalized spacial score (nSPS) is 11.2. The number of urea groups is 1. The number of anilines is 2. The Morgan fingerprint density at radius 3 is 2.45 bits per heavy atom. The summed E-state index contributed by atoms with van der Waals surface area (Å²) in [5.41, 5.74) is 1.99. The molecule has 0 bridgehead atoms. The first-order chi connectivity index (χ1) is 18.3. The van der Waals surface area contributed by atoms with Crippen molar-refractivity contribution in [3.63, 3.8) is 0 Å². The number of aromatic nitrogens is 1. The van der Waals surface area contributed by atoms with Gasteiger partial charge in [0.1, 0.15) is 5.69 Å². The van der Waals surface area contributed by atoms with Gasteiger partial charge in [0.2, 0.25) is 0 Å². The first kappa shape index (κ1) is 28.1. The van der Waals surface area contributed by atoms with E-state index in [2.05, 4.69) is 26.3 Å². The molecule has 0 aliphatic carbocycles. The fourth-order valence-electron chi connectivity index (χ4n) is 3.26. The number of carbonyl (C=O) groups excluding carboxylic acids is 4. The fourth-order valence-corrected chi connectivity index (χ4v) is 3.95. The summed E-state index contributed by atoms with van der Waals surface area (Å²) in [4.78, 5) is 52.0. The Morgan fingerprint density at radius 1 is 1.03 bits per heavy atom. The number of rotatable bonds is 12. The van der Waals surface area contributed by atoms with Gasteiger partial charge in [0.05, 0.1) is 12.6 Å². The molecule has 1 aromatic heterocycles. The predicted molar refractivity (Wildman–Crippen MR) is 141 cm³/mol. The molecule has 2 aromatic carbocycles. The van der Waals surface area contributed by atoms with Crippen molar-refractivity contribution in [2.24, 2.45) is 0 Å². The smallest absolute Gasteiger partial charge is 0.407 e. The number of carbonyl (C=O) groups is 4. The molecule has 3 aromatic rings. The molecule has 12 heteroatoms. The number of ether oxygens (including phenoxy) is 1. The standard InChI is InChI=1S/C26H29N5O6S/c1-2-3-13-37-26(36)30-20(14-22(32)33)18-9-11-19(12-10-18)28-23(34)21-16-38-25(29-21)31-24(35)27-15-17-7-5-4-6-8-17/h4-12,16,20H,2-3,13-15H2,1H3,(H,28,34)(H,30,36)(H,32,33)(H2,27,29,31,35)/p-1. The van der Waals surface area contributed by atoms with E-state index < -0.39 is 36.5 Å². The van der Waals surface area contributed by atoms with Crippen LogP contribution in [0.1, 0.15) is 53.8 Å². The molecule has 0 saturated heterocycles. The average Bonchev–Trinajstić information content (AvgIpc) is 3.37. The highest BCUT2D eigenvalue weighted by atomic mass is 32.1. The topological polar surface area (TPSA) is 162 Å². The van der Waals surface area contributed by atoms with Crippen LogP contribution < -0.4 is 26.4 Å². The maximum atomic E-state index is 12.6. The number of aliphatic carboxylic acids is 1. The van der Waals surface area contributed by atoms with Crippen molar-refractivity contribution in [3.8, 4) is 0 Å². The molecule has 0 fully saturated rings. The van der Waals surface area contributed by atoms with Crippen molar-refractivity contribution in [1.82, 2.24) is 15.6 Å². The molecule has 200 valence electrons. The van der Waals surface area contributed by atoms with Crippen LogP contribution in [-0.4, -0.2) is 35.6 Å². The summed E-state index contributed by atoms with van der Waals surface area (Å²) in [6.45, 7) is 2.54. The molecule has 1 heterocycles. The van der Waals surface area contributed by atoms with Crippen molar-refractivity contribution in [1.29, 1.82) is 0 Å². The lowest BCUT2D eigenvalue weighted by molar-refractivity contribution is -0.306. The van der Waals surface area contributed by atoms with E-state index >= 15 is 0 Å². The highest BCUT2D eigenvalue weighted by molar-refractivity contribution is 7.14. The van der Waals surface area contributed by atoms with E-state index in [0.717, 1.165) is 23.3 Å². The van der Waals surface area contributed by atoms with Crippen LogP contribution >= 0.6 is 11.3 Å². The van der Waals surface area contributed by atoms with Crippen molar-refractivity contribution >= 4 is 46.2 Å². The Balaban J connectivity index is 1.53. The Hall–Kier alpha value is -4.45. The molecule has 0 aliphatic heterocycles. The molecule has 0 saturated carbocycles. The molecule has 1 atom stereocenters. The van der Waals surface area contributed by atoms with Gasteiger partial charge in [-0.2, -0.15) is 0 Å². The van der Waals surface area contributed by atoms with Gasteiger partial charge in [-0.05, 0) is 29.7 Å². The quantitative estimate of drug-likeness (QED) is 0.257. The van der Waals surface area contributed by atoms with E-state index in [1.165, 1.54) is 5.38 Å². The van der Waals surface area contributed by atoms with Crippen LogP contribution in [0, 0.1) is 0 Å². The van der Waals surface area contributed by atoms with Gasteiger partial charge in [0, 0.05) is 30.0 Å². The lowest BCUT2D eigenvalue weighted by Crippen LogP contribution is -2.34. The maximum absolute atomic E-state index is 12.6. The number of nitrogens with one attached hydrogen (secondary N) is 4. The third-order valence-corrected chi connectivity index (χ3v) is 5.98. The highest BCUT2D eigenvalue weighted by Crippen LogP contribution is 2.21. The van der Waals surface area contributed by atoms with Crippen molar-refractivity contribution in [2.75, 3.05) is 17.2 Å².